The Balaban J connectivity index is 1.45. The Bertz CT molecular complexity index is 904. The Hall–Kier alpha value is -2.34. The van der Waals surface area contributed by atoms with Crippen LogP contribution in [0.5, 0.6) is 0 Å². The van der Waals surface area contributed by atoms with E-state index in [0.717, 1.165) is 51.1 Å². The van der Waals surface area contributed by atoms with Gasteiger partial charge in [0.1, 0.15) is 6.54 Å². The quantitative estimate of drug-likeness (QED) is 0.763. The molecule has 0 aliphatic carbocycles. The van der Waals surface area contributed by atoms with Gasteiger partial charge in [-0.1, -0.05) is 18.2 Å². The van der Waals surface area contributed by atoms with Crippen LogP contribution in [-0.4, -0.2) is 58.4 Å². The van der Waals surface area contributed by atoms with E-state index in [2.05, 4.69) is 44.1 Å². The summed E-state index contributed by atoms with van der Waals surface area (Å²) in [5.41, 5.74) is 2.39. The molecule has 2 aliphatic heterocycles. The van der Waals surface area contributed by atoms with Crippen LogP contribution in [0.15, 0.2) is 30.5 Å². The zero-order chi connectivity index (χ0) is 21.1. The lowest BCUT2D eigenvalue weighted by atomic mass is 9.97. The summed E-state index contributed by atoms with van der Waals surface area (Å²) in [5, 5.41) is 4.22. The van der Waals surface area contributed by atoms with Gasteiger partial charge in [-0.05, 0) is 57.2 Å². The Morgan fingerprint density at radius 2 is 2.03 bits per heavy atom. The van der Waals surface area contributed by atoms with E-state index in [4.69, 9.17) is 0 Å². The number of rotatable bonds is 7. The molecule has 1 atom stereocenters. The predicted octanol–water partition coefficient (Wildman–Crippen LogP) is 3.00. The van der Waals surface area contributed by atoms with Crippen molar-refractivity contribution in [3.8, 4) is 0 Å². The van der Waals surface area contributed by atoms with Crippen LogP contribution in [0.4, 0.5) is 0 Å². The zero-order valence-corrected chi connectivity index (χ0v) is 18.3. The molecule has 0 saturated carbocycles. The fourth-order valence-corrected chi connectivity index (χ4v) is 5.00. The van der Waals surface area contributed by atoms with Gasteiger partial charge in [0.2, 0.25) is 11.8 Å². The Morgan fingerprint density at radius 1 is 1.20 bits per heavy atom. The SMILES string of the molecule is CC(C)NC(=O)Cn1cc(CN2CCC[C@@H](CN3CCCC3=O)C2)c2ccccc21. The molecule has 0 radical (unpaired) electrons. The number of benzene rings is 1. The molecule has 2 saturated heterocycles. The van der Waals surface area contributed by atoms with E-state index in [1.54, 1.807) is 0 Å². The number of carbonyl (C=O) groups excluding carboxylic acids is 2. The normalized spacial score (nSPS) is 20.4. The van der Waals surface area contributed by atoms with Gasteiger partial charge in [-0.15, -0.1) is 0 Å². The van der Waals surface area contributed by atoms with Gasteiger partial charge < -0.3 is 14.8 Å². The lowest BCUT2D eigenvalue weighted by Crippen LogP contribution is -2.41. The first-order valence-electron chi connectivity index (χ1n) is 11.4. The van der Waals surface area contributed by atoms with Crippen molar-refractivity contribution in [1.29, 1.82) is 0 Å². The lowest BCUT2D eigenvalue weighted by molar-refractivity contribution is -0.128. The molecule has 0 unspecified atom stereocenters. The molecular weight excluding hydrogens is 376 g/mol. The Morgan fingerprint density at radius 3 is 2.80 bits per heavy atom. The first-order valence-corrected chi connectivity index (χ1v) is 11.4. The molecule has 1 N–H and O–H groups in total. The summed E-state index contributed by atoms with van der Waals surface area (Å²) >= 11 is 0. The van der Waals surface area contributed by atoms with Gasteiger partial charge in [-0.3, -0.25) is 14.5 Å². The fourth-order valence-electron chi connectivity index (χ4n) is 5.00. The molecule has 0 spiro atoms. The molecule has 1 aromatic heterocycles. The monoisotopic (exact) mass is 410 g/mol. The highest BCUT2D eigenvalue weighted by atomic mass is 16.2. The topological polar surface area (TPSA) is 57.6 Å². The van der Waals surface area contributed by atoms with Gasteiger partial charge in [-0.2, -0.15) is 0 Å². The maximum Gasteiger partial charge on any atom is 0.240 e. The molecule has 2 aliphatic rings. The third-order valence-corrected chi connectivity index (χ3v) is 6.28. The van der Waals surface area contributed by atoms with Gasteiger partial charge in [-0.25, -0.2) is 0 Å². The number of likely N-dealkylation sites (tertiary alicyclic amines) is 2. The molecule has 2 fully saturated rings. The third kappa shape index (κ3) is 4.86. The summed E-state index contributed by atoms with van der Waals surface area (Å²) < 4.78 is 2.08. The minimum Gasteiger partial charge on any atom is -0.352 e. The second-order valence-electron chi connectivity index (χ2n) is 9.21. The first-order chi connectivity index (χ1) is 14.5. The predicted molar refractivity (Wildman–Crippen MR) is 119 cm³/mol. The molecule has 2 amide bonds. The maximum absolute atomic E-state index is 12.3. The van der Waals surface area contributed by atoms with Gasteiger partial charge in [0.05, 0.1) is 0 Å². The Labute approximate surface area is 179 Å². The van der Waals surface area contributed by atoms with E-state index < -0.39 is 0 Å². The van der Waals surface area contributed by atoms with Crippen LogP contribution in [0.3, 0.4) is 0 Å². The van der Waals surface area contributed by atoms with Crippen LogP contribution >= 0.6 is 0 Å². The minimum absolute atomic E-state index is 0.0469. The summed E-state index contributed by atoms with van der Waals surface area (Å²) in [7, 11) is 0. The fraction of sp³-hybridized carbons (Fsp3) is 0.583. The number of nitrogens with zero attached hydrogens (tertiary/aromatic N) is 3. The summed E-state index contributed by atoms with van der Waals surface area (Å²) in [4.78, 5) is 28.9. The second-order valence-corrected chi connectivity index (χ2v) is 9.21. The molecule has 162 valence electrons. The number of hydrogen-bond donors (Lipinski definition) is 1. The summed E-state index contributed by atoms with van der Waals surface area (Å²) in [6.07, 6.45) is 6.28. The number of hydrogen-bond acceptors (Lipinski definition) is 3. The van der Waals surface area contributed by atoms with Crippen LogP contribution in [-0.2, 0) is 22.7 Å². The molecule has 3 heterocycles. The largest absolute Gasteiger partial charge is 0.352 e. The Kier molecular flexibility index (Phi) is 6.42. The van der Waals surface area contributed by atoms with E-state index in [1.807, 2.05) is 19.9 Å². The van der Waals surface area contributed by atoms with Gasteiger partial charge >= 0.3 is 0 Å². The van der Waals surface area contributed by atoms with Gasteiger partial charge in [0.15, 0.2) is 0 Å². The highest BCUT2D eigenvalue weighted by molar-refractivity contribution is 5.86. The van der Waals surface area contributed by atoms with Crippen LogP contribution < -0.4 is 5.32 Å². The first kappa shape index (κ1) is 20.9. The summed E-state index contributed by atoms with van der Waals surface area (Å²) in [5.74, 6) is 0.937. The molecule has 2 aromatic rings. The van der Waals surface area contributed by atoms with Crippen molar-refractivity contribution >= 4 is 22.7 Å². The van der Waals surface area contributed by atoms with Crippen molar-refractivity contribution in [2.75, 3.05) is 26.2 Å². The lowest BCUT2D eigenvalue weighted by Gasteiger charge is -2.34. The van der Waals surface area contributed by atoms with E-state index >= 15 is 0 Å². The zero-order valence-electron chi connectivity index (χ0n) is 18.3. The molecule has 0 bridgehead atoms. The molecule has 1 aromatic carbocycles. The van der Waals surface area contributed by atoms with Crippen LogP contribution in [0, 0.1) is 5.92 Å². The maximum atomic E-state index is 12.3. The molecule has 6 heteroatoms. The average molecular weight is 411 g/mol. The highest BCUT2D eigenvalue weighted by Gasteiger charge is 2.27. The number of aromatic nitrogens is 1. The number of piperidine rings is 1. The van der Waals surface area contributed by atoms with Crippen LogP contribution in [0.25, 0.3) is 10.9 Å². The second kappa shape index (κ2) is 9.21. The van der Waals surface area contributed by atoms with E-state index in [-0.39, 0.29) is 11.9 Å². The van der Waals surface area contributed by atoms with Crippen molar-refractivity contribution in [3.05, 3.63) is 36.0 Å². The average Bonchev–Trinajstić information content (AvgIpc) is 3.25. The minimum atomic E-state index is 0.0469. The standard InChI is InChI=1S/C24H34N4O2/c1-18(2)25-23(29)17-28-16-20(21-8-3-4-9-22(21)28)15-26-11-5-7-19(13-26)14-27-12-6-10-24(27)30/h3-4,8-9,16,18-19H,5-7,10-15,17H2,1-2H3,(H,25,29)/t19-/m1/s1. The summed E-state index contributed by atoms with van der Waals surface area (Å²) in [6.45, 7) is 9.18. The van der Waals surface area contributed by atoms with E-state index in [0.29, 0.717) is 18.4 Å². The number of fused-ring (bicyclic) bond motifs is 1. The van der Waals surface area contributed by atoms with E-state index in [1.165, 1.54) is 23.8 Å². The van der Waals surface area contributed by atoms with Gasteiger partial charge in [0, 0.05) is 55.7 Å². The highest BCUT2D eigenvalue weighted by Crippen LogP contribution is 2.26. The summed E-state index contributed by atoms with van der Waals surface area (Å²) in [6, 6.07) is 8.51. The van der Waals surface area contributed by atoms with E-state index in [9.17, 15) is 9.59 Å². The van der Waals surface area contributed by atoms with Crippen molar-refractivity contribution in [3.63, 3.8) is 0 Å². The molecular formula is C24H34N4O2. The molecule has 30 heavy (non-hydrogen) atoms. The molecule has 6 nitrogen and oxygen atoms in total. The number of para-hydroxylation sites is 1. The number of nitrogens with one attached hydrogen (secondary N) is 1. The number of amides is 2. The van der Waals surface area contributed by atoms with Crippen molar-refractivity contribution in [2.45, 2.75) is 58.7 Å². The third-order valence-electron chi connectivity index (χ3n) is 6.28. The smallest absolute Gasteiger partial charge is 0.240 e. The molecule has 4 rings (SSSR count). The number of carbonyl (C=O) groups is 2. The van der Waals surface area contributed by atoms with Crippen molar-refractivity contribution in [2.24, 2.45) is 5.92 Å². The van der Waals surface area contributed by atoms with Gasteiger partial charge in [0.25, 0.3) is 0 Å². The van der Waals surface area contributed by atoms with Crippen molar-refractivity contribution < 1.29 is 9.59 Å². The van der Waals surface area contributed by atoms with Crippen LogP contribution in [0.1, 0.15) is 45.1 Å². The van der Waals surface area contributed by atoms with Crippen LogP contribution in [0.2, 0.25) is 0 Å². The van der Waals surface area contributed by atoms with Crippen molar-refractivity contribution in [1.82, 2.24) is 19.7 Å².